The van der Waals surface area contributed by atoms with Crippen LogP contribution in [-0.2, 0) is 6.42 Å². The van der Waals surface area contributed by atoms with Gasteiger partial charge in [0.2, 0.25) is 0 Å². The minimum atomic E-state index is 0.653. The van der Waals surface area contributed by atoms with Crippen LogP contribution in [0, 0.1) is 0 Å². The van der Waals surface area contributed by atoms with Crippen LogP contribution in [0.25, 0.3) is 0 Å². The highest BCUT2D eigenvalue weighted by Crippen LogP contribution is 2.33. The molecule has 1 aromatic carbocycles. The van der Waals surface area contributed by atoms with E-state index in [0.29, 0.717) is 6.54 Å². The molecule has 0 fully saturated rings. The quantitative estimate of drug-likeness (QED) is 0.607. The molecule has 1 rings (SSSR count). The van der Waals surface area contributed by atoms with Crippen molar-refractivity contribution in [3.8, 4) is 0 Å². The Kier molecular flexibility index (Phi) is 6.09. The Hall–Kier alpha value is -0.320. The molecule has 0 aliphatic rings. The maximum atomic E-state index is 6.13. The molecule has 4 N–H and O–H groups in total. The standard InChI is InChI=1S/C12H20N2S2/c1-3-15-10-7-9(5-6-13)12(14)11(8-10)16-4-2/h7-8H,3-6,13-14H2,1-2H3. The van der Waals surface area contributed by atoms with Crippen molar-refractivity contribution in [2.45, 2.75) is 30.1 Å². The van der Waals surface area contributed by atoms with Gasteiger partial charge in [-0.1, -0.05) is 13.8 Å². The lowest BCUT2D eigenvalue weighted by atomic mass is 10.1. The van der Waals surface area contributed by atoms with E-state index in [2.05, 4.69) is 26.0 Å². The van der Waals surface area contributed by atoms with Gasteiger partial charge in [-0.2, -0.15) is 0 Å². The summed E-state index contributed by atoms with van der Waals surface area (Å²) < 4.78 is 0. The highest BCUT2D eigenvalue weighted by atomic mass is 32.2. The molecule has 0 saturated heterocycles. The van der Waals surface area contributed by atoms with Gasteiger partial charge in [0.05, 0.1) is 0 Å². The van der Waals surface area contributed by atoms with Crippen molar-refractivity contribution in [2.75, 3.05) is 23.8 Å². The van der Waals surface area contributed by atoms with Gasteiger partial charge in [0.25, 0.3) is 0 Å². The molecule has 0 aliphatic heterocycles. The molecule has 2 nitrogen and oxygen atoms in total. The molecule has 1 aromatic rings. The summed E-state index contributed by atoms with van der Waals surface area (Å²) in [6.45, 7) is 4.96. The van der Waals surface area contributed by atoms with Gasteiger partial charge in [-0.15, -0.1) is 23.5 Å². The van der Waals surface area contributed by atoms with Crippen molar-refractivity contribution in [3.63, 3.8) is 0 Å². The molecule has 0 radical (unpaired) electrons. The Morgan fingerprint density at radius 2 is 1.81 bits per heavy atom. The van der Waals surface area contributed by atoms with Gasteiger partial charge >= 0.3 is 0 Å². The predicted octanol–water partition coefficient (Wildman–Crippen LogP) is 2.99. The van der Waals surface area contributed by atoms with Crippen molar-refractivity contribution in [1.29, 1.82) is 0 Å². The zero-order valence-corrected chi connectivity index (χ0v) is 11.6. The number of benzene rings is 1. The van der Waals surface area contributed by atoms with Gasteiger partial charge in [0.1, 0.15) is 0 Å². The number of anilines is 1. The number of nitrogens with two attached hydrogens (primary N) is 2. The van der Waals surface area contributed by atoms with E-state index in [-0.39, 0.29) is 0 Å². The zero-order chi connectivity index (χ0) is 12.0. The van der Waals surface area contributed by atoms with Gasteiger partial charge in [0.15, 0.2) is 0 Å². The molecule has 0 saturated carbocycles. The fraction of sp³-hybridized carbons (Fsp3) is 0.500. The highest BCUT2D eigenvalue weighted by Gasteiger charge is 2.07. The van der Waals surface area contributed by atoms with E-state index in [4.69, 9.17) is 11.5 Å². The van der Waals surface area contributed by atoms with E-state index in [1.165, 1.54) is 15.4 Å². The number of hydrogen-bond acceptors (Lipinski definition) is 4. The molecular formula is C12H20N2S2. The predicted molar refractivity (Wildman–Crippen MR) is 76.4 cm³/mol. The third kappa shape index (κ3) is 3.61. The fourth-order valence-corrected chi connectivity index (χ4v) is 3.19. The van der Waals surface area contributed by atoms with Gasteiger partial charge in [0, 0.05) is 15.5 Å². The second kappa shape index (κ2) is 7.09. The third-order valence-corrected chi connectivity index (χ3v) is 4.02. The second-order valence-corrected chi connectivity index (χ2v) is 6.04. The molecule has 0 unspecified atom stereocenters. The first-order valence-corrected chi connectivity index (χ1v) is 7.58. The summed E-state index contributed by atoms with van der Waals surface area (Å²) in [6, 6.07) is 4.37. The van der Waals surface area contributed by atoms with Crippen LogP contribution < -0.4 is 11.5 Å². The molecule has 90 valence electrons. The molecule has 0 amide bonds. The van der Waals surface area contributed by atoms with Gasteiger partial charge in [-0.25, -0.2) is 0 Å². The van der Waals surface area contributed by atoms with Crippen molar-refractivity contribution in [3.05, 3.63) is 17.7 Å². The Morgan fingerprint density at radius 1 is 1.12 bits per heavy atom. The first-order valence-electron chi connectivity index (χ1n) is 5.60. The van der Waals surface area contributed by atoms with Gasteiger partial charge in [-0.05, 0) is 42.2 Å². The first-order chi connectivity index (χ1) is 7.72. The molecule has 0 bridgehead atoms. The maximum Gasteiger partial charge on any atom is 0.0486 e. The van der Waals surface area contributed by atoms with Crippen LogP contribution in [0.2, 0.25) is 0 Å². The van der Waals surface area contributed by atoms with Crippen LogP contribution in [0.4, 0.5) is 5.69 Å². The van der Waals surface area contributed by atoms with Crippen molar-refractivity contribution >= 4 is 29.2 Å². The lowest BCUT2D eigenvalue weighted by molar-refractivity contribution is 0.961. The van der Waals surface area contributed by atoms with E-state index in [0.717, 1.165) is 23.6 Å². The fourth-order valence-electron chi connectivity index (χ4n) is 1.54. The van der Waals surface area contributed by atoms with Crippen LogP contribution in [0.15, 0.2) is 21.9 Å². The molecule has 0 aliphatic carbocycles. The zero-order valence-electron chi connectivity index (χ0n) is 9.95. The van der Waals surface area contributed by atoms with E-state index >= 15 is 0 Å². The Bertz CT molecular complexity index is 313. The molecule has 4 heteroatoms. The summed E-state index contributed by atoms with van der Waals surface area (Å²) in [7, 11) is 0. The van der Waals surface area contributed by atoms with Crippen LogP contribution in [0.1, 0.15) is 19.4 Å². The second-order valence-electron chi connectivity index (χ2n) is 3.40. The number of thioether (sulfide) groups is 2. The van der Waals surface area contributed by atoms with Crippen molar-refractivity contribution in [1.82, 2.24) is 0 Å². The number of hydrogen-bond donors (Lipinski definition) is 2. The largest absolute Gasteiger partial charge is 0.398 e. The lowest BCUT2D eigenvalue weighted by Crippen LogP contribution is -2.06. The van der Waals surface area contributed by atoms with E-state index < -0.39 is 0 Å². The molecule has 0 heterocycles. The van der Waals surface area contributed by atoms with Crippen molar-refractivity contribution < 1.29 is 0 Å². The minimum absolute atomic E-state index is 0.653. The molecule has 16 heavy (non-hydrogen) atoms. The topological polar surface area (TPSA) is 52.0 Å². The van der Waals surface area contributed by atoms with Crippen LogP contribution in [0.3, 0.4) is 0 Å². The monoisotopic (exact) mass is 256 g/mol. The van der Waals surface area contributed by atoms with Crippen LogP contribution in [0.5, 0.6) is 0 Å². The molecule has 0 aromatic heterocycles. The van der Waals surface area contributed by atoms with Gasteiger partial charge in [-0.3, -0.25) is 0 Å². The summed E-state index contributed by atoms with van der Waals surface area (Å²) in [5.74, 6) is 2.13. The van der Waals surface area contributed by atoms with Crippen molar-refractivity contribution in [2.24, 2.45) is 5.73 Å². The molecule has 0 atom stereocenters. The normalized spacial score (nSPS) is 10.7. The third-order valence-electron chi connectivity index (χ3n) is 2.23. The maximum absolute atomic E-state index is 6.13. The SMILES string of the molecule is CCSc1cc(CCN)c(N)c(SCC)c1. The molecular weight excluding hydrogens is 236 g/mol. The summed E-state index contributed by atoms with van der Waals surface area (Å²) in [6.07, 6.45) is 0.862. The van der Waals surface area contributed by atoms with E-state index in [9.17, 15) is 0 Å². The van der Waals surface area contributed by atoms with Crippen LogP contribution >= 0.6 is 23.5 Å². The average Bonchev–Trinajstić information content (AvgIpc) is 2.26. The molecule has 0 spiro atoms. The highest BCUT2D eigenvalue weighted by molar-refractivity contribution is 8.00. The summed E-state index contributed by atoms with van der Waals surface area (Å²) in [5.41, 5.74) is 13.8. The number of nitrogen functional groups attached to an aromatic ring is 1. The summed E-state index contributed by atoms with van der Waals surface area (Å²) >= 11 is 3.66. The van der Waals surface area contributed by atoms with E-state index in [1.807, 2.05) is 11.8 Å². The Balaban J connectivity index is 3.05. The van der Waals surface area contributed by atoms with E-state index in [1.54, 1.807) is 11.8 Å². The average molecular weight is 256 g/mol. The van der Waals surface area contributed by atoms with Crippen LogP contribution in [-0.4, -0.2) is 18.1 Å². The summed E-state index contributed by atoms with van der Waals surface area (Å²) in [4.78, 5) is 2.50. The first kappa shape index (κ1) is 13.7. The Labute approximate surface area is 107 Å². The lowest BCUT2D eigenvalue weighted by Gasteiger charge is -2.12. The smallest absolute Gasteiger partial charge is 0.0486 e. The minimum Gasteiger partial charge on any atom is -0.398 e. The Morgan fingerprint density at radius 3 is 2.38 bits per heavy atom. The van der Waals surface area contributed by atoms with Gasteiger partial charge < -0.3 is 11.5 Å². The summed E-state index contributed by atoms with van der Waals surface area (Å²) in [5, 5.41) is 0. The number of rotatable bonds is 6.